The Kier molecular flexibility index (Phi) is 5.37. The molecule has 156 valence electrons. The van der Waals surface area contributed by atoms with Crippen LogP contribution < -0.4 is 5.48 Å². The Morgan fingerprint density at radius 2 is 1.83 bits per heavy atom. The van der Waals surface area contributed by atoms with E-state index in [2.05, 4.69) is 29.0 Å². The molecule has 30 heavy (non-hydrogen) atoms. The molecule has 0 unspecified atom stereocenters. The molecule has 2 N–H and O–H groups in total. The third-order valence-corrected chi connectivity index (χ3v) is 5.23. The molecular formula is C24H27N3O3. The van der Waals surface area contributed by atoms with Crippen LogP contribution in [0.4, 0.5) is 10.5 Å². The fourth-order valence-corrected chi connectivity index (χ4v) is 3.77. The minimum absolute atomic E-state index is 0.268. The van der Waals surface area contributed by atoms with Gasteiger partial charge in [0.1, 0.15) is 11.3 Å². The molecule has 1 aromatic heterocycles. The lowest BCUT2D eigenvalue weighted by atomic mass is 9.99. The summed E-state index contributed by atoms with van der Waals surface area (Å²) < 4.78 is 7.65. The summed E-state index contributed by atoms with van der Waals surface area (Å²) in [5, 5.41) is 12.2. The van der Waals surface area contributed by atoms with Gasteiger partial charge in [-0.25, -0.2) is 4.79 Å². The second kappa shape index (κ2) is 7.97. The van der Waals surface area contributed by atoms with Crippen LogP contribution >= 0.6 is 0 Å². The number of para-hydroxylation sites is 1. The summed E-state index contributed by atoms with van der Waals surface area (Å²) in [4.78, 5) is 14.1. The molecule has 2 heterocycles. The molecule has 6 heteroatoms. The van der Waals surface area contributed by atoms with Gasteiger partial charge >= 0.3 is 6.09 Å². The Balaban J connectivity index is 1.64. The first kappa shape index (κ1) is 20.2. The van der Waals surface area contributed by atoms with E-state index in [-0.39, 0.29) is 6.09 Å². The van der Waals surface area contributed by atoms with Crippen molar-refractivity contribution in [1.82, 2.24) is 9.47 Å². The molecule has 0 saturated heterocycles. The maximum Gasteiger partial charge on any atom is 0.410 e. The highest BCUT2D eigenvalue weighted by molar-refractivity contribution is 5.94. The number of aromatic nitrogens is 1. The van der Waals surface area contributed by atoms with E-state index in [1.54, 1.807) is 4.90 Å². The van der Waals surface area contributed by atoms with E-state index in [0.717, 1.165) is 23.1 Å². The van der Waals surface area contributed by atoms with Crippen molar-refractivity contribution in [2.24, 2.45) is 0 Å². The van der Waals surface area contributed by atoms with Gasteiger partial charge in [0, 0.05) is 48.1 Å². The number of amides is 1. The average Bonchev–Trinajstić information content (AvgIpc) is 3.12. The van der Waals surface area contributed by atoms with Crippen molar-refractivity contribution < 1.29 is 15.0 Å². The maximum atomic E-state index is 12.4. The molecule has 0 spiro atoms. The van der Waals surface area contributed by atoms with Crippen molar-refractivity contribution in [1.29, 1.82) is 0 Å². The quantitative estimate of drug-likeness (QED) is 0.520. The van der Waals surface area contributed by atoms with Crippen molar-refractivity contribution in [3.8, 4) is 5.69 Å². The molecule has 3 aromatic rings. The van der Waals surface area contributed by atoms with Crippen LogP contribution in [0.2, 0.25) is 0 Å². The van der Waals surface area contributed by atoms with Crippen molar-refractivity contribution in [3.05, 3.63) is 71.6 Å². The van der Waals surface area contributed by atoms with Crippen LogP contribution in [0, 0.1) is 5.21 Å². The van der Waals surface area contributed by atoms with Gasteiger partial charge in [0.15, 0.2) is 0 Å². The summed E-state index contributed by atoms with van der Waals surface area (Å²) in [6, 6.07) is 15.9. The van der Waals surface area contributed by atoms with E-state index < -0.39 is 5.60 Å². The molecule has 4 rings (SSSR count). The lowest BCUT2D eigenvalue weighted by Crippen LogP contribution is -2.70. The van der Waals surface area contributed by atoms with Crippen LogP contribution in [0.15, 0.2) is 60.8 Å². The molecular weight excluding hydrogens is 378 g/mol. The largest absolute Gasteiger partial charge is 0.630 e. The zero-order valence-electron chi connectivity index (χ0n) is 17.6. The molecule has 0 atom stereocenters. The Morgan fingerprint density at radius 1 is 1.10 bits per heavy atom. The van der Waals surface area contributed by atoms with Crippen molar-refractivity contribution in [2.75, 3.05) is 13.1 Å². The number of benzene rings is 2. The fraction of sp³-hybridized carbons (Fsp3) is 0.292. The highest BCUT2D eigenvalue weighted by Crippen LogP contribution is 2.33. The number of hydrogen-bond acceptors (Lipinski definition) is 3. The van der Waals surface area contributed by atoms with Gasteiger partial charge in [-0.2, -0.15) is 0 Å². The van der Waals surface area contributed by atoms with Gasteiger partial charge in [-0.15, -0.1) is 0 Å². The lowest BCUT2D eigenvalue weighted by molar-refractivity contribution is -0.497. The van der Waals surface area contributed by atoms with E-state index in [0.29, 0.717) is 18.8 Å². The van der Waals surface area contributed by atoms with E-state index in [9.17, 15) is 10.0 Å². The Bertz CT molecular complexity index is 1090. The molecule has 0 fully saturated rings. The Hall–Kier alpha value is -3.09. The van der Waals surface area contributed by atoms with Gasteiger partial charge in [-0.1, -0.05) is 24.3 Å². The number of nitrogens with zero attached hydrogens (tertiary/aromatic N) is 2. The zero-order valence-corrected chi connectivity index (χ0v) is 17.6. The molecule has 0 radical (unpaired) electrons. The van der Waals surface area contributed by atoms with Crippen molar-refractivity contribution >= 4 is 28.3 Å². The SMILES string of the molecule is CC(C)(C)OC(=O)N1CC=C(c2cn(-c3ccc([NH2+][O-])cc3)c3ccccc23)CC1. The number of rotatable bonds is 3. The summed E-state index contributed by atoms with van der Waals surface area (Å²) in [5.41, 5.74) is 5.55. The standard InChI is InChI=1S/C24H27N3O3/c1-24(2,3)30-23(28)26-14-12-17(13-15-26)21-16-27(22-7-5-4-6-20(21)22)19-10-8-18(25-29)9-11-19/h4-12,16H,13-15,25H2,1-3H3. The van der Waals surface area contributed by atoms with Crippen LogP contribution in [0.3, 0.4) is 0 Å². The summed E-state index contributed by atoms with van der Waals surface area (Å²) in [5.74, 6) is 0. The van der Waals surface area contributed by atoms with Gasteiger partial charge in [0.2, 0.25) is 0 Å². The minimum Gasteiger partial charge on any atom is -0.630 e. The number of quaternary nitrogens is 1. The van der Waals surface area contributed by atoms with Crippen LogP contribution in [0.5, 0.6) is 0 Å². The molecule has 6 nitrogen and oxygen atoms in total. The predicted molar refractivity (Wildman–Crippen MR) is 119 cm³/mol. The first-order valence-electron chi connectivity index (χ1n) is 10.2. The molecule has 2 aromatic carbocycles. The Morgan fingerprint density at radius 3 is 2.47 bits per heavy atom. The normalized spacial score (nSPS) is 14.7. The van der Waals surface area contributed by atoms with Crippen molar-refractivity contribution in [2.45, 2.75) is 32.8 Å². The van der Waals surface area contributed by atoms with Gasteiger partial charge in [0.05, 0.1) is 5.52 Å². The van der Waals surface area contributed by atoms with E-state index >= 15 is 0 Å². The predicted octanol–water partition coefficient (Wildman–Crippen LogP) is 4.35. The van der Waals surface area contributed by atoms with Crippen LogP contribution in [0.1, 0.15) is 32.8 Å². The third-order valence-electron chi connectivity index (χ3n) is 5.23. The highest BCUT2D eigenvalue weighted by Gasteiger charge is 2.25. The van der Waals surface area contributed by atoms with Gasteiger partial charge in [-0.05, 0) is 51.0 Å². The van der Waals surface area contributed by atoms with Crippen molar-refractivity contribution in [3.63, 3.8) is 0 Å². The molecule has 1 aliphatic heterocycles. The van der Waals surface area contributed by atoms with Gasteiger partial charge < -0.3 is 24.9 Å². The second-order valence-electron chi connectivity index (χ2n) is 8.55. The zero-order chi connectivity index (χ0) is 21.3. The summed E-state index contributed by atoms with van der Waals surface area (Å²) in [6.07, 6.45) is 4.78. The fourth-order valence-electron chi connectivity index (χ4n) is 3.77. The number of carbonyl (C=O) groups is 1. The number of carbonyl (C=O) groups excluding carboxylic acids is 1. The van der Waals surface area contributed by atoms with Crippen LogP contribution in [0.25, 0.3) is 22.2 Å². The third kappa shape index (κ3) is 4.10. The van der Waals surface area contributed by atoms with E-state index in [4.69, 9.17) is 4.74 Å². The smallest absolute Gasteiger partial charge is 0.410 e. The molecule has 1 aliphatic rings. The Labute approximate surface area is 176 Å². The van der Waals surface area contributed by atoms with Gasteiger partial charge in [-0.3, -0.25) is 0 Å². The van der Waals surface area contributed by atoms with Gasteiger partial charge in [0.25, 0.3) is 0 Å². The highest BCUT2D eigenvalue weighted by atomic mass is 16.6. The lowest BCUT2D eigenvalue weighted by Gasteiger charge is -2.29. The second-order valence-corrected chi connectivity index (χ2v) is 8.55. The average molecular weight is 405 g/mol. The molecule has 0 bridgehead atoms. The van der Waals surface area contributed by atoms with E-state index in [1.807, 2.05) is 57.2 Å². The number of hydrogen-bond donors (Lipinski definition) is 1. The topological polar surface area (TPSA) is 74.1 Å². The van der Waals surface area contributed by atoms with Crippen LogP contribution in [-0.2, 0) is 4.74 Å². The molecule has 0 aliphatic carbocycles. The first-order valence-corrected chi connectivity index (χ1v) is 10.2. The number of nitrogens with two attached hydrogens (primary N) is 1. The minimum atomic E-state index is -0.492. The summed E-state index contributed by atoms with van der Waals surface area (Å²) in [6.45, 7) is 6.82. The summed E-state index contributed by atoms with van der Waals surface area (Å²) in [7, 11) is 0. The monoisotopic (exact) mass is 405 g/mol. The molecule has 1 amide bonds. The first-order chi connectivity index (χ1) is 14.4. The maximum absolute atomic E-state index is 12.4. The van der Waals surface area contributed by atoms with E-state index in [1.165, 1.54) is 16.5 Å². The number of fused-ring (bicyclic) bond motifs is 1. The van der Waals surface area contributed by atoms with Crippen LogP contribution in [-0.4, -0.2) is 34.3 Å². The number of ether oxygens (including phenoxy) is 1. The molecule has 0 saturated carbocycles. The summed E-state index contributed by atoms with van der Waals surface area (Å²) >= 11 is 0.